The molecule has 0 bridgehead atoms. The summed E-state index contributed by atoms with van der Waals surface area (Å²) in [4.78, 5) is 6.85. The molecule has 1 aromatic rings. The third kappa shape index (κ3) is 1.09. The fraction of sp³-hybridized carbons (Fsp3) is 0.545. The van der Waals surface area contributed by atoms with Crippen molar-refractivity contribution in [3.05, 3.63) is 29.6 Å². The van der Waals surface area contributed by atoms with E-state index in [0.29, 0.717) is 12.1 Å². The van der Waals surface area contributed by atoms with Gasteiger partial charge in [0, 0.05) is 24.6 Å². The van der Waals surface area contributed by atoms with Gasteiger partial charge >= 0.3 is 0 Å². The highest BCUT2D eigenvalue weighted by molar-refractivity contribution is 5.29. The largest absolute Gasteiger partial charge is 0.296 e. The molecule has 1 aliphatic heterocycles. The predicted molar refractivity (Wildman–Crippen MR) is 54.9 cm³/mol. The van der Waals surface area contributed by atoms with Gasteiger partial charge in [-0.25, -0.2) is 0 Å². The lowest BCUT2D eigenvalue weighted by Crippen LogP contribution is -2.33. The van der Waals surface area contributed by atoms with Crippen molar-refractivity contribution >= 4 is 0 Å². The molecule has 2 heterocycles. The number of aryl methyl sites for hydroxylation is 1. The van der Waals surface area contributed by atoms with Crippen LogP contribution >= 0.6 is 0 Å². The van der Waals surface area contributed by atoms with Crippen LogP contribution in [0.25, 0.3) is 0 Å². The molecule has 2 aliphatic rings. The number of nitrogens with zero attached hydrogens (tertiary/aromatic N) is 2. The van der Waals surface area contributed by atoms with E-state index in [1.54, 1.807) is 0 Å². The topological polar surface area (TPSA) is 28.2 Å². The standard InChI is InChI=1S/C11H15N3/c1-14-7-13-11-8-3-2-6-12-9(8)4-5-10(11)14/h2-3,6,10-11,13H,4-5,7H2,1H3. The van der Waals surface area contributed by atoms with Crippen LogP contribution in [0.5, 0.6) is 0 Å². The maximum atomic E-state index is 4.45. The molecule has 0 aromatic carbocycles. The molecular formula is C11H15N3. The van der Waals surface area contributed by atoms with Crippen molar-refractivity contribution in [3.63, 3.8) is 0 Å². The van der Waals surface area contributed by atoms with Crippen molar-refractivity contribution in [3.8, 4) is 0 Å². The molecule has 0 spiro atoms. The lowest BCUT2D eigenvalue weighted by molar-refractivity contribution is 0.273. The van der Waals surface area contributed by atoms with Gasteiger partial charge in [0.25, 0.3) is 0 Å². The molecule has 3 rings (SSSR count). The van der Waals surface area contributed by atoms with E-state index < -0.39 is 0 Å². The normalized spacial score (nSPS) is 31.2. The van der Waals surface area contributed by atoms with Crippen molar-refractivity contribution in [1.82, 2.24) is 15.2 Å². The molecule has 0 amide bonds. The molecule has 0 saturated carbocycles. The highest BCUT2D eigenvalue weighted by Crippen LogP contribution is 2.34. The molecule has 1 saturated heterocycles. The van der Waals surface area contributed by atoms with Crippen LogP contribution in [-0.4, -0.2) is 29.6 Å². The molecule has 1 aliphatic carbocycles. The maximum absolute atomic E-state index is 4.45. The summed E-state index contributed by atoms with van der Waals surface area (Å²) in [7, 11) is 2.19. The SMILES string of the molecule is CN1CNC2c3cccnc3CCC21. The molecule has 0 radical (unpaired) electrons. The number of pyridine rings is 1. The first-order valence-corrected chi connectivity index (χ1v) is 5.23. The minimum Gasteiger partial charge on any atom is -0.296 e. The van der Waals surface area contributed by atoms with E-state index in [0.717, 1.165) is 13.1 Å². The second-order valence-electron chi connectivity index (χ2n) is 4.24. The second-order valence-corrected chi connectivity index (χ2v) is 4.24. The van der Waals surface area contributed by atoms with Crippen LogP contribution in [0, 0.1) is 0 Å². The van der Waals surface area contributed by atoms with E-state index >= 15 is 0 Å². The molecule has 74 valence electrons. The number of hydrogen-bond acceptors (Lipinski definition) is 3. The van der Waals surface area contributed by atoms with Crippen LogP contribution in [0.2, 0.25) is 0 Å². The van der Waals surface area contributed by atoms with Gasteiger partial charge < -0.3 is 0 Å². The number of nitrogens with one attached hydrogen (secondary N) is 1. The molecule has 1 fully saturated rings. The number of aromatic nitrogens is 1. The fourth-order valence-corrected chi connectivity index (χ4v) is 2.68. The first-order chi connectivity index (χ1) is 6.86. The third-order valence-electron chi connectivity index (χ3n) is 3.45. The Morgan fingerprint density at radius 3 is 3.43 bits per heavy atom. The molecule has 1 N–H and O–H groups in total. The molecule has 2 atom stereocenters. The zero-order chi connectivity index (χ0) is 9.54. The van der Waals surface area contributed by atoms with Crippen LogP contribution in [0.3, 0.4) is 0 Å². The first kappa shape index (κ1) is 8.38. The molecule has 3 nitrogen and oxygen atoms in total. The van der Waals surface area contributed by atoms with Crippen LogP contribution in [0.15, 0.2) is 18.3 Å². The van der Waals surface area contributed by atoms with Gasteiger partial charge in [0.2, 0.25) is 0 Å². The summed E-state index contributed by atoms with van der Waals surface area (Å²) in [5, 5.41) is 3.55. The summed E-state index contributed by atoms with van der Waals surface area (Å²) in [5.74, 6) is 0. The van der Waals surface area contributed by atoms with E-state index in [4.69, 9.17) is 0 Å². The van der Waals surface area contributed by atoms with Gasteiger partial charge in [0.15, 0.2) is 0 Å². The summed E-state index contributed by atoms with van der Waals surface area (Å²) < 4.78 is 0. The predicted octanol–water partition coefficient (Wildman–Crippen LogP) is 0.930. The average molecular weight is 189 g/mol. The molecule has 2 unspecified atom stereocenters. The van der Waals surface area contributed by atoms with E-state index in [1.807, 2.05) is 12.3 Å². The lowest BCUT2D eigenvalue weighted by atomic mass is 9.88. The van der Waals surface area contributed by atoms with Gasteiger partial charge in [-0.2, -0.15) is 0 Å². The summed E-state index contributed by atoms with van der Waals surface area (Å²) in [6.07, 6.45) is 4.26. The highest BCUT2D eigenvalue weighted by atomic mass is 15.3. The second kappa shape index (κ2) is 3.04. The summed E-state index contributed by atoms with van der Waals surface area (Å²) in [5.41, 5.74) is 2.70. The zero-order valence-corrected chi connectivity index (χ0v) is 8.40. The van der Waals surface area contributed by atoms with Gasteiger partial charge in [-0.3, -0.25) is 15.2 Å². The van der Waals surface area contributed by atoms with Crippen LogP contribution in [-0.2, 0) is 6.42 Å². The molecule has 3 heteroatoms. The van der Waals surface area contributed by atoms with Crippen molar-refractivity contribution in [2.24, 2.45) is 0 Å². The summed E-state index contributed by atoms with van der Waals surface area (Å²) in [6, 6.07) is 5.44. The van der Waals surface area contributed by atoms with E-state index in [2.05, 4.69) is 28.3 Å². The molecular weight excluding hydrogens is 174 g/mol. The van der Waals surface area contributed by atoms with E-state index in [-0.39, 0.29) is 0 Å². The van der Waals surface area contributed by atoms with E-state index in [1.165, 1.54) is 17.7 Å². The highest BCUT2D eigenvalue weighted by Gasteiger charge is 2.36. The third-order valence-corrected chi connectivity index (χ3v) is 3.45. The maximum Gasteiger partial charge on any atom is 0.0506 e. The van der Waals surface area contributed by atoms with Gasteiger partial charge in [-0.15, -0.1) is 0 Å². The van der Waals surface area contributed by atoms with Crippen LogP contribution in [0.4, 0.5) is 0 Å². The van der Waals surface area contributed by atoms with Gasteiger partial charge in [0.05, 0.1) is 6.04 Å². The Hall–Kier alpha value is -0.930. The zero-order valence-electron chi connectivity index (χ0n) is 8.40. The Bertz CT molecular complexity index is 350. The van der Waals surface area contributed by atoms with E-state index in [9.17, 15) is 0 Å². The van der Waals surface area contributed by atoms with Crippen molar-refractivity contribution in [2.75, 3.05) is 13.7 Å². The number of rotatable bonds is 0. The smallest absolute Gasteiger partial charge is 0.0506 e. The first-order valence-electron chi connectivity index (χ1n) is 5.23. The minimum atomic E-state index is 0.512. The van der Waals surface area contributed by atoms with Crippen LogP contribution < -0.4 is 5.32 Å². The monoisotopic (exact) mass is 189 g/mol. The molecule has 14 heavy (non-hydrogen) atoms. The Kier molecular flexibility index (Phi) is 1.82. The Morgan fingerprint density at radius 2 is 2.50 bits per heavy atom. The Labute approximate surface area is 84.1 Å². The molecule has 1 aromatic heterocycles. The summed E-state index contributed by atoms with van der Waals surface area (Å²) in [6.45, 7) is 1.00. The number of hydrogen-bond donors (Lipinski definition) is 1. The van der Waals surface area contributed by atoms with Crippen molar-refractivity contribution in [2.45, 2.75) is 24.9 Å². The number of fused-ring (bicyclic) bond motifs is 3. The Morgan fingerprint density at radius 1 is 1.57 bits per heavy atom. The van der Waals surface area contributed by atoms with Gasteiger partial charge in [-0.05, 0) is 31.5 Å². The quantitative estimate of drug-likeness (QED) is 0.658. The van der Waals surface area contributed by atoms with Gasteiger partial charge in [-0.1, -0.05) is 6.07 Å². The minimum absolute atomic E-state index is 0.512. The van der Waals surface area contributed by atoms with Crippen molar-refractivity contribution < 1.29 is 0 Å². The van der Waals surface area contributed by atoms with Gasteiger partial charge in [0.1, 0.15) is 0 Å². The fourth-order valence-electron chi connectivity index (χ4n) is 2.68. The van der Waals surface area contributed by atoms with Crippen LogP contribution in [0.1, 0.15) is 23.7 Å². The summed E-state index contributed by atoms with van der Waals surface area (Å²) >= 11 is 0. The Balaban J connectivity index is 2.03. The van der Waals surface area contributed by atoms with Crippen molar-refractivity contribution in [1.29, 1.82) is 0 Å². The number of likely N-dealkylation sites (N-methyl/N-ethyl adjacent to an activating group) is 1. The lowest BCUT2D eigenvalue weighted by Gasteiger charge is -2.29. The average Bonchev–Trinajstić information content (AvgIpc) is 2.61.